The topological polar surface area (TPSA) is 66.4 Å². The van der Waals surface area contributed by atoms with Crippen molar-refractivity contribution in [2.75, 3.05) is 12.0 Å². The standard InChI is InChI=1S/C7H13NO3S/c1-12-3-2-6(8-5-9)4-7(10)11/h5-6H,2-4H2,1H3,(H,8,9)(H,10,11). The second-order valence-electron chi connectivity index (χ2n) is 2.36. The van der Waals surface area contributed by atoms with Crippen LogP contribution in [-0.4, -0.2) is 35.5 Å². The maximum atomic E-state index is 10.3. The fourth-order valence-electron chi connectivity index (χ4n) is 0.811. The fourth-order valence-corrected chi connectivity index (χ4v) is 1.33. The highest BCUT2D eigenvalue weighted by Crippen LogP contribution is 2.03. The summed E-state index contributed by atoms with van der Waals surface area (Å²) in [6.07, 6.45) is 3.19. The zero-order valence-electron chi connectivity index (χ0n) is 6.95. The number of hydrogen-bond acceptors (Lipinski definition) is 3. The number of rotatable bonds is 7. The molecule has 4 nitrogen and oxygen atoms in total. The predicted octanol–water partition coefficient (Wildman–Crippen LogP) is 0.329. The van der Waals surface area contributed by atoms with Gasteiger partial charge in [-0.25, -0.2) is 0 Å². The Hall–Kier alpha value is -0.710. The molecule has 2 N–H and O–H groups in total. The summed E-state index contributed by atoms with van der Waals surface area (Å²) in [5.41, 5.74) is 0. The summed E-state index contributed by atoms with van der Waals surface area (Å²) in [6.45, 7) is 0. The Kier molecular flexibility index (Phi) is 6.55. The summed E-state index contributed by atoms with van der Waals surface area (Å²) in [5.74, 6) is -0.0193. The third-order valence-electron chi connectivity index (χ3n) is 1.40. The molecule has 0 saturated carbocycles. The van der Waals surface area contributed by atoms with E-state index in [1.807, 2.05) is 6.26 Å². The quantitative estimate of drug-likeness (QED) is 0.569. The lowest BCUT2D eigenvalue weighted by Gasteiger charge is -2.11. The molecule has 0 spiro atoms. The van der Waals surface area contributed by atoms with Crippen molar-refractivity contribution >= 4 is 24.1 Å². The van der Waals surface area contributed by atoms with Gasteiger partial charge in [0, 0.05) is 6.04 Å². The zero-order valence-corrected chi connectivity index (χ0v) is 7.76. The molecule has 0 fully saturated rings. The fraction of sp³-hybridized carbons (Fsp3) is 0.714. The second kappa shape index (κ2) is 6.97. The van der Waals surface area contributed by atoms with Gasteiger partial charge in [0.1, 0.15) is 0 Å². The highest BCUT2D eigenvalue weighted by molar-refractivity contribution is 7.98. The molecule has 1 atom stereocenters. The molecule has 0 radical (unpaired) electrons. The van der Waals surface area contributed by atoms with E-state index in [0.29, 0.717) is 12.8 Å². The number of aliphatic carboxylic acids is 1. The van der Waals surface area contributed by atoms with Crippen molar-refractivity contribution < 1.29 is 14.7 Å². The maximum Gasteiger partial charge on any atom is 0.305 e. The van der Waals surface area contributed by atoms with E-state index >= 15 is 0 Å². The molecule has 0 aromatic carbocycles. The Morgan fingerprint density at radius 3 is 2.83 bits per heavy atom. The van der Waals surface area contributed by atoms with E-state index in [-0.39, 0.29) is 12.5 Å². The lowest BCUT2D eigenvalue weighted by atomic mass is 10.1. The van der Waals surface area contributed by atoms with Gasteiger partial charge in [-0.2, -0.15) is 11.8 Å². The first-order valence-electron chi connectivity index (χ1n) is 3.61. The smallest absolute Gasteiger partial charge is 0.305 e. The van der Waals surface area contributed by atoms with Crippen LogP contribution in [0, 0.1) is 0 Å². The van der Waals surface area contributed by atoms with E-state index in [9.17, 15) is 9.59 Å². The normalized spacial score (nSPS) is 12.1. The molecule has 0 heterocycles. The van der Waals surface area contributed by atoms with E-state index in [2.05, 4.69) is 5.32 Å². The Labute approximate surface area is 75.7 Å². The Morgan fingerprint density at radius 1 is 1.75 bits per heavy atom. The molecule has 0 rings (SSSR count). The number of carboxylic acids is 1. The Bertz CT molecular complexity index is 152. The zero-order chi connectivity index (χ0) is 9.40. The van der Waals surface area contributed by atoms with Gasteiger partial charge < -0.3 is 10.4 Å². The molecular formula is C7H13NO3S. The van der Waals surface area contributed by atoms with Crippen LogP contribution in [0.3, 0.4) is 0 Å². The number of carbonyl (C=O) groups excluding carboxylic acids is 1. The van der Waals surface area contributed by atoms with E-state index < -0.39 is 5.97 Å². The van der Waals surface area contributed by atoms with Crippen molar-refractivity contribution in [2.24, 2.45) is 0 Å². The molecule has 5 heteroatoms. The van der Waals surface area contributed by atoms with Crippen molar-refractivity contribution in [2.45, 2.75) is 18.9 Å². The number of thioether (sulfide) groups is 1. The Morgan fingerprint density at radius 2 is 2.42 bits per heavy atom. The largest absolute Gasteiger partial charge is 0.481 e. The molecule has 1 amide bonds. The molecule has 0 aromatic rings. The lowest BCUT2D eigenvalue weighted by Crippen LogP contribution is -2.30. The summed E-state index contributed by atoms with van der Waals surface area (Å²) < 4.78 is 0. The van der Waals surface area contributed by atoms with Crippen LogP contribution in [0.25, 0.3) is 0 Å². The van der Waals surface area contributed by atoms with Gasteiger partial charge >= 0.3 is 5.97 Å². The molecule has 70 valence electrons. The van der Waals surface area contributed by atoms with Crippen LogP contribution in [0.15, 0.2) is 0 Å². The minimum Gasteiger partial charge on any atom is -0.481 e. The minimum atomic E-state index is -0.879. The lowest BCUT2D eigenvalue weighted by molar-refractivity contribution is -0.137. The van der Waals surface area contributed by atoms with E-state index in [1.165, 1.54) is 0 Å². The highest BCUT2D eigenvalue weighted by Gasteiger charge is 2.10. The molecule has 1 unspecified atom stereocenters. The monoisotopic (exact) mass is 191 g/mol. The van der Waals surface area contributed by atoms with Crippen molar-refractivity contribution in [3.63, 3.8) is 0 Å². The maximum absolute atomic E-state index is 10.3. The van der Waals surface area contributed by atoms with Gasteiger partial charge in [0.15, 0.2) is 0 Å². The molecule has 0 saturated heterocycles. The molecule has 12 heavy (non-hydrogen) atoms. The summed E-state index contributed by atoms with van der Waals surface area (Å²) in [7, 11) is 0. The SMILES string of the molecule is CSCCC(CC(=O)O)NC=O. The van der Waals surface area contributed by atoms with Gasteiger partial charge in [-0.1, -0.05) is 0 Å². The van der Waals surface area contributed by atoms with Crippen LogP contribution in [0.1, 0.15) is 12.8 Å². The van der Waals surface area contributed by atoms with Gasteiger partial charge in [-0.05, 0) is 18.4 Å². The number of carboxylic acid groups (broad SMARTS) is 1. The average molecular weight is 191 g/mol. The number of amides is 1. The molecule has 0 bridgehead atoms. The number of nitrogens with one attached hydrogen (secondary N) is 1. The van der Waals surface area contributed by atoms with Crippen LogP contribution in [0.4, 0.5) is 0 Å². The molecule has 0 aliphatic heterocycles. The van der Waals surface area contributed by atoms with E-state index in [4.69, 9.17) is 5.11 Å². The van der Waals surface area contributed by atoms with Gasteiger partial charge in [-0.15, -0.1) is 0 Å². The average Bonchev–Trinajstić information content (AvgIpc) is 2.00. The Balaban J connectivity index is 3.68. The summed E-state index contributed by atoms with van der Waals surface area (Å²) in [4.78, 5) is 20.3. The predicted molar refractivity (Wildman–Crippen MR) is 48.2 cm³/mol. The first-order chi connectivity index (χ1) is 5.70. The second-order valence-corrected chi connectivity index (χ2v) is 3.35. The van der Waals surface area contributed by atoms with Crippen LogP contribution in [0.5, 0.6) is 0 Å². The van der Waals surface area contributed by atoms with Crippen LogP contribution < -0.4 is 5.32 Å². The number of hydrogen-bond donors (Lipinski definition) is 2. The van der Waals surface area contributed by atoms with Crippen LogP contribution in [-0.2, 0) is 9.59 Å². The van der Waals surface area contributed by atoms with Crippen LogP contribution in [0.2, 0.25) is 0 Å². The molecule has 0 aromatic heterocycles. The van der Waals surface area contributed by atoms with Gasteiger partial charge in [-0.3, -0.25) is 9.59 Å². The summed E-state index contributed by atoms with van der Waals surface area (Å²) >= 11 is 1.63. The van der Waals surface area contributed by atoms with Gasteiger partial charge in [0.2, 0.25) is 6.41 Å². The third-order valence-corrected chi connectivity index (χ3v) is 2.04. The molecule has 0 aliphatic rings. The van der Waals surface area contributed by atoms with Crippen molar-refractivity contribution in [1.82, 2.24) is 5.32 Å². The summed E-state index contributed by atoms with van der Waals surface area (Å²) in [6, 6.07) is -0.229. The van der Waals surface area contributed by atoms with Gasteiger partial charge in [0.05, 0.1) is 6.42 Å². The first kappa shape index (κ1) is 11.3. The van der Waals surface area contributed by atoms with Crippen molar-refractivity contribution in [3.05, 3.63) is 0 Å². The van der Waals surface area contributed by atoms with E-state index in [0.717, 1.165) is 5.75 Å². The number of carbonyl (C=O) groups is 2. The minimum absolute atomic E-state index is 0.000694. The molecule has 0 aliphatic carbocycles. The first-order valence-corrected chi connectivity index (χ1v) is 5.00. The van der Waals surface area contributed by atoms with E-state index in [1.54, 1.807) is 11.8 Å². The van der Waals surface area contributed by atoms with Crippen molar-refractivity contribution in [1.29, 1.82) is 0 Å². The highest BCUT2D eigenvalue weighted by atomic mass is 32.2. The molecular weight excluding hydrogens is 178 g/mol. The van der Waals surface area contributed by atoms with Gasteiger partial charge in [0.25, 0.3) is 0 Å². The van der Waals surface area contributed by atoms with Crippen LogP contribution >= 0.6 is 11.8 Å². The summed E-state index contributed by atoms with van der Waals surface area (Å²) in [5, 5.41) is 10.9. The third kappa shape index (κ3) is 6.03. The van der Waals surface area contributed by atoms with Crippen molar-refractivity contribution in [3.8, 4) is 0 Å².